The molecule has 1 atom stereocenters. The fourth-order valence-electron chi connectivity index (χ4n) is 1.65. The molecule has 1 aliphatic heterocycles. The van der Waals surface area contributed by atoms with Crippen molar-refractivity contribution in [1.82, 2.24) is 5.32 Å². The Bertz CT molecular complexity index is 358. The van der Waals surface area contributed by atoms with Gasteiger partial charge in [-0.15, -0.1) is 0 Å². The molecule has 1 fully saturated rings. The minimum absolute atomic E-state index is 0.111. The molecular formula is C11H11F3NO. The van der Waals surface area contributed by atoms with Crippen LogP contribution in [-0.2, 0) is 6.18 Å². The van der Waals surface area contributed by atoms with Crippen LogP contribution < -0.4 is 10.1 Å². The molecule has 1 aromatic rings. The Balaban J connectivity index is 2.19. The van der Waals surface area contributed by atoms with Gasteiger partial charge >= 0.3 is 6.18 Å². The van der Waals surface area contributed by atoms with E-state index in [2.05, 4.69) is 11.4 Å². The first-order valence-electron chi connectivity index (χ1n) is 5.02. The van der Waals surface area contributed by atoms with Crippen molar-refractivity contribution in [2.75, 3.05) is 13.1 Å². The number of rotatable bonds is 2. The van der Waals surface area contributed by atoms with Gasteiger partial charge in [0.2, 0.25) is 0 Å². The molecule has 1 heterocycles. The number of benzene rings is 1. The predicted molar refractivity (Wildman–Crippen MR) is 52.2 cm³/mol. The quantitative estimate of drug-likeness (QED) is 0.841. The molecule has 0 aliphatic carbocycles. The molecule has 1 unspecified atom stereocenters. The smallest absolute Gasteiger partial charge is 0.419 e. The normalized spacial score (nSPS) is 21.1. The largest absolute Gasteiger partial charge is 0.488 e. The van der Waals surface area contributed by atoms with Gasteiger partial charge in [0.05, 0.1) is 5.56 Å². The topological polar surface area (TPSA) is 21.3 Å². The summed E-state index contributed by atoms with van der Waals surface area (Å²) in [6.07, 6.45) is -3.84. The molecule has 87 valence electrons. The Hall–Kier alpha value is -1.23. The van der Waals surface area contributed by atoms with Gasteiger partial charge in [0.15, 0.2) is 0 Å². The van der Waals surface area contributed by atoms with E-state index < -0.39 is 11.7 Å². The standard InChI is InChI=1S/C11H11F3NO/c12-11(13,14)9-3-1-2-4-10(9)16-8-5-6-15-7-8/h2-4,8,15H,5-7H2. The zero-order valence-electron chi connectivity index (χ0n) is 8.47. The van der Waals surface area contributed by atoms with Crippen LogP contribution in [0.2, 0.25) is 0 Å². The van der Waals surface area contributed by atoms with Crippen LogP contribution >= 0.6 is 0 Å². The first kappa shape index (κ1) is 11.3. The molecule has 2 rings (SSSR count). The van der Waals surface area contributed by atoms with Crippen LogP contribution in [0, 0.1) is 6.07 Å². The van der Waals surface area contributed by atoms with Gasteiger partial charge in [-0.3, -0.25) is 0 Å². The lowest BCUT2D eigenvalue weighted by Gasteiger charge is -2.17. The lowest BCUT2D eigenvalue weighted by molar-refractivity contribution is -0.139. The Morgan fingerprint density at radius 1 is 1.44 bits per heavy atom. The molecule has 16 heavy (non-hydrogen) atoms. The number of nitrogens with one attached hydrogen (secondary N) is 1. The highest BCUT2D eigenvalue weighted by atomic mass is 19.4. The van der Waals surface area contributed by atoms with Gasteiger partial charge in [0.1, 0.15) is 11.9 Å². The minimum atomic E-state index is -4.39. The first-order chi connectivity index (χ1) is 7.57. The highest BCUT2D eigenvalue weighted by molar-refractivity contribution is 5.35. The molecular weight excluding hydrogens is 219 g/mol. The maximum Gasteiger partial charge on any atom is 0.419 e. The van der Waals surface area contributed by atoms with Crippen LogP contribution in [0.4, 0.5) is 13.2 Å². The first-order valence-corrected chi connectivity index (χ1v) is 5.02. The van der Waals surface area contributed by atoms with Crippen molar-refractivity contribution in [2.24, 2.45) is 0 Å². The molecule has 1 radical (unpaired) electrons. The van der Waals surface area contributed by atoms with E-state index in [-0.39, 0.29) is 11.9 Å². The van der Waals surface area contributed by atoms with Gasteiger partial charge in [0.25, 0.3) is 0 Å². The number of hydrogen-bond acceptors (Lipinski definition) is 2. The van der Waals surface area contributed by atoms with Crippen LogP contribution in [0.25, 0.3) is 0 Å². The Kier molecular flexibility index (Phi) is 3.05. The summed E-state index contributed by atoms with van der Waals surface area (Å²) in [7, 11) is 0. The second-order valence-electron chi connectivity index (χ2n) is 3.65. The molecule has 1 aromatic carbocycles. The molecule has 5 heteroatoms. The van der Waals surface area contributed by atoms with Crippen LogP contribution in [0.3, 0.4) is 0 Å². The van der Waals surface area contributed by atoms with Crippen molar-refractivity contribution in [3.05, 3.63) is 29.8 Å². The predicted octanol–water partition coefficient (Wildman–Crippen LogP) is 2.25. The van der Waals surface area contributed by atoms with E-state index in [1.807, 2.05) is 0 Å². The summed E-state index contributed by atoms with van der Waals surface area (Å²) in [5.74, 6) is -0.111. The molecule has 1 N–H and O–H groups in total. The van der Waals surface area contributed by atoms with Crippen LogP contribution in [-0.4, -0.2) is 19.2 Å². The van der Waals surface area contributed by atoms with E-state index in [4.69, 9.17) is 4.74 Å². The fraction of sp³-hybridized carbons (Fsp3) is 0.455. The van der Waals surface area contributed by atoms with Gasteiger partial charge in [-0.25, -0.2) is 0 Å². The van der Waals surface area contributed by atoms with Crippen LogP contribution in [0.5, 0.6) is 5.75 Å². The molecule has 1 aliphatic rings. The monoisotopic (exact) mass is 230 g/mol. The van der Waals surface area contributed by atoms with E-state index in [1.54, 1.807) is 0 Å². The summed E-state index contributed by atoms with van der Waals surface area (Å²) in [6, 6.07) is 6.06. The van der Waals surface area contributed by atoms with E-state index in [1.165, 1.54) is 12.1 Å². The van der Waals surface area contributed by atoms with Crippen LogP contribution in [0.15, 0.2) is 18.2 Å². The summed E-state index contributed by atoms with van der Waals surface area (Å²) in [5, 5.41) is 3.04. The third kappa shape index (κ3) is 2.47. The number of halogens is 3. The third-order valence-electron chi connectivity index (χ3n) is 2.44. The van der Waals surface area contributed by atoms with Crippen molar-refractivity contribution in [1.29, 1.82) is 0 Å². The molecule has 0 amide bonds. The average Bonchev–Trinajstić information content (AvgIpc) is 2.70. The number of ether oxygens (including phenoxy) is 1. The summed E-state index contributed by atoms with van der Waals surface area (Å²) in [6.45, 7) is 1.38. The lowest BCUT2D eigenvalue weighted by Crippen LogP contribution is -2.21. The second-order valence-corrected chi connectivity index (χ2v) is 3.65. The number of hydrogen-bond donors (Lipinski definition) is 1. The van der Waals surface area contributed by atoms with E-state index in [0.717, 1.165) is 19.0 Å². The minimum Gasteiger partial charge on any atom is -0.488 e. The van der Waals surface area contributed by atoms with E-state index in [9.17, 15) is 13.2 Å². The maximum absolute atomic E-state index is 12.6. The zero-order valence-corrected chi connectivity index (χ0v) is 8.47. The fourth-order valence-corrected chi connectivity index (χ4v) is 1.65. The van der Waals surface area contributed by atoms with Gasteiger partial charge < -0.3 is 10.1 Å². The average molecular weight is 230 g/mol. The van der Waals surface area contributed by atoms with Gasteiger partial charge in [-0.1, -0.05) is 6.07 Å². The Morgan fingerprint density at radius 3 is 2.88 bits per heavy atom. The summed E-state index contributed by atoms with van der Waals surface area (Å²) in [5.41, 5.74) is -0.762. The van der Waals surface area contributed by atoms with Crippen molar-refractivity contribution in [2.45, 2.75) is 18.7 Å². The van der Waals surface area contributed by atoms with Crippen LogP contribution in [0.1, 0.15) is 12.0 Å². The SMILES string of the molecule is FC(F)(F)c1c[c]ccc1OC1CCNC1. The highest BCUT2D eigenvalue weighted by Gasteiger charge is 2.34. The van der Waals surface area contributed by atoms with E-state index in [0.29, 0.717) is 6.54 Å². The molecule has 2 nitrogen and oxygen atoms in total. The number of alkyl halides is 3. The highest BCUT2D eigenvalue weighted by Crippen LogP contribution is 2.36. The van der Waals surface area contributed by atoms with Gasteiger partial charge in [0, 0.05) is 6.54 Å². The van der Waals surface area contributed by atoms with Crippen molar-refractivity contribution >= 4 is 0 Å². The Morgan fingerprint density at radius 2 is 2.25 bits per heavy atom. The second kappa shape index (κ2) is 4.33. The Labute approximate surface area is 91.4 Å². The van der Waals surface area contributed by atoms with Crippen molar-refractivity contribution < 1.29 is 17.9 Å². The molecule has 0 aromatic heterocycles. The van der Waals surface area contributed by atoms with Gasteiger partial charge in [-0.05, 0) is 31.2 Å². The molecule has 0 saturated carbocycles. The summed E-state index contributed by atoms with van der Waals surface area (Å²) < 4.78 is 43.2. The third-order valence-corrected chi connectivity index (χ3v) is 2.44. The van der Waals surface area contributed by atoms with E-state index >= 15 is 0 Å². The zero-order chi connectivity index (χ0) is 11.6. The summed E-state index contributed by atoms with van der Waals surface area (Å²) in [4.78, 5) is 0. The molecule has 0 spiro atoms. The maximum atomic E-state index is 12.6. The molecule has 0 bridgehead atoms. The van der Waals surface area contributed by atoms with Crippen molar-refractivity contribution in [3.63, 3.8) is 0 Å². The van der Waals surface area contributed by atoms with Crippen molar-refractivity contribution in [3.8, 4) is 5.75 Å². The lowest BCUT2D eigenvalue weighted by atomic mass is 10.2. The summed E-state index contributed by atoms with van der Waals surface area (Å²) >= 11 is 0. The molecule has 1 saturated heterocycles. The van der Waals surface area contributed by atoms with Gasteiger partial charge in [-0.2, -0.15) is 13.2 Å².